The van der Waals surface area contributed by atoms with Crippen LogP contribution in [0.3, 0.4) is 0 Å². The smallest absolute Gasteiger partial charge is 0.305 e. The van der Waals surface area contributed by atoms with E-state index in [1.165, 1.54) is 7.11 Å². The molecule has 2 rings (SSSR count). The molecule has 27 heavy (non-hydrogen) atoms. The Labute approximate surface area is 162 Å². The van der Waals surface area contributed by atoms with Crippen molar-refractivity contribution < 1.29 is 14.3 Å². The number of carbonyl (C=O) groups is 1. The van der Waals surface area contributed by atoms with E-state index in [2.05, 4.69) is 19.9 Å². The molecule has 0 atom stereocenters. The number of piperidine rings is 1. The third-order valence-corrected chi connectivity index (χ3v) is 4.82. The van der Waals surface area contributed by atoms with E-state index in [9.17, 15) is 4.79 Å². The van der Waals surface area contributed by atoms with Crippen molar-refractivity contribution in [2.45, 2.75) is 51.0 Å². The van der Waals surface area contributed by atoms with Gasteiger partial charge in [0.1, 0.15) is 11.9 Å². The molecule has 0 aliphatic carbocycles. The van der Waals surface area contributed by atoms with Gasteiger partial charge >= 0.3 is 5.97 Å². The maximum atomic E-state index is 11.1. The van der Waals surface area contributed by atoms with E-state index >= 15 is 0 Å². The molecule has 0 amide bonds. The standard InChI is InChI=1S/C21H33N3O3/c1-22-21(23-15-9-4-3-8-12-20(25)26-2)24-16-13-19(14-17-24)27-18-10-6-5-7-11-18/h5-7,10-11,19H,3-4,8-9,12-17H2,1-2H3,(H,22,23). The van der Waals surface area contributed by atoms with Gasteiger partial charge in [-0.05, 0) is 25.0 Å². The average molecular weight is 376 g/mol. The summed E-state index contributed by atoms with van der Waals surface area (Å²) < 4.78 is 10.7. The molecule has 1 N–H and O–H groups in total. The predicted molar refractivity (Wildman–Crippen MR) is 108 cm³/mol. The summed E-state index contributed by atoms with van der Waals surface area (Å²) in [4.78, 5) is 17.8. The molecule has 1 aliphatic rings. The van der Waals surface area contributed by atoms with Gasteiger partial charge in [0.05, 0.1) is 7.11 Å². The molecular weight excluding hydrogens is 342 g/mol. The lowest BCUT2D eigenvalue weighted by Crippen LogP contribution is -2.47. The van der Waals surface area contributed by atoms with E-state index in [4.69, 9.17) is 4.74 Å². The van der Waals surface area contributed by atoms with Gasteiger partial charge in [-0.1, -0.05) is 31.0 Å². The van der Waals surface area contributed by atoms with E-state index in [1.807, 2.05) is 37.4 Å². The molecule has 0 spiro atoms. The summed E-state index contributed by atoms with van der Waals surface area (Å²) in [5.74, 6) is 1.81. The summed E-state index contributed by atoms with van der Waals surface area (Å²) in [6.07, 6.45) is 6.93. The number of esters is 1. The highest BCUT2D eigenvalue weighted by Crippen LogP contribution is 2.18. The summed E-state index contributed by atoms with van der Waals surface area (Å²) in [7, 11) is 3.28. The monoisotopic (exact) mass is 375 g/mol. The van der Waals surface area contributed by atoms with Crippen LogP contribution in [0, 0.1) is 0 Å². The van der Waals surface area contributed by atoms with Crippen molar-refractivity contribution >= 4 is 11.9 Å². The minimum Gasteiger partial charge on any atom is -0.490 e. The van der Waals surface area contributed by atoms with Crippen molar-refractivity contribution in [2.24, 2.45) is 4.99 Å². The lowest BCUT2D eigenvalue weighted by molar-refractivity contribution is -0.140. The van der Waals surface area contributed by atoms with E-state index in [1.54, 1.807) is 0 Å². The van der Waals surface area contributed by atoms with Gasteiger partial charge in [0, 0.05) is 45.9 Å². The number of aliphatic imine (C=N–C) groups is 1. The van der Waals surface area contributed by atoms with Gasteiger partial charge < -0.3 is 19.7 Å². The zero-order valence-electron chi connectivity index (χ0n) is 16.7. The third-order valence-electron chi connectivity index (χ3n) is 4.82. The highest BCUT2D eigenvalue weighted by Gasteiger charge is 2.22. The molecule has 6 heteroatoms. The lowest BCUT2D eigenvalue weighted by atomic mass is 10.1. The Morgan fingerprint density at radius 3 is 2.52 bits per heavy atom. The van der Waals surface area contributed by atoms with Crippen LogP contribution >= 0.6 is 0 Å². The zero-order valence-corrected chi connectivity index (χ0v) is 16.7. The van der Waals surface area contributed by atoms with E-state index in [0.29, 0.717) is 6.42 Å². The summed E-state index contributed by atoms with van der Waals surface area (Å²) >= 11 is 0. The predicted octanol–water partition coefficient (Wildman–Crippen LogP) is 3.23. The van der Waals surface area contributed by atoms with Gasteiger partial charge in [0.25, 0.3) is 0 Å². The lowest BCUT2D eigenvalue weighted by Gasteiger charge is -2.34. The molecule has 1 saturated heterocycles. The van der Waals surface area contributed by atoms with Gasteiger partial charge in [-0.3, -0.25) is 9.79 Å². The average Bonchev–Trinajstić information content (AvgIpc) is 2.71. The molecule has 0 radical (unpaired) electrons. The fourth-order valence-corrected chi connectivity index (χ4v) is 3.26. The second-order valence-electron chi connectivity index (χ2n) is 6.83. The summed E-state index contributed by atoms with van der Waals surface area (Å²) in [6, 6.07) is 10.0. The highest BCUT2D eigenvalue weighted by molar-refractivity contribution is 5.79. The van der Waals surface area contributed by atoms with Crippen molar-refractivity contribution in [3.8, 4) is 5.75 Å². The Balaban J connectivity index is 1.59. The number of ether oxygens (including phenoxy) is 2. The second-order valence-corrected chi connectivity index (χ2v) is 6.83. The molecule has 1 aromatic carbocycles. The minimum absolute atomic E-state index is 0.117. The largest absolute Gasteiger partial charge is 0.490 e. The molecule has 0 aromatic heterocycles. The first-order valence-corrected chi connectivity index (χ1v) is 9.97. The van der Waals surface area contributed by atoms with Crippen LogP contribution in [0.1, 0.15) is 44.9 Å². The number of nitrogens with one attached hydrogen (secondary N) is 1. The number of para-hydroxylation sites is 1. The van der Waals surface area contributed by atoms with Crippen LogP contribution in [-0.4, -0.2) is 56.7 Å². The third kappa shape index (κ3) is 7.89. The van der Waals surface area contributed by atoms with Gasteiger partial charge in [-0.25, -0.2) is 0 Å². The maximum absolute atomic E-state index is 11.1. The molecule has 1 aliphatic heterocycles. The normalized spacial score (nSPS) is 15.5. The molecule has 1 heterocycles. The van der Waals surface area contributed by atoms with Gasteiger partial charge in [0.2, 0.25) is 0 Å². The van der Waals surface area contributed by atoms with Crippen LogP contribution < -0.4 is 10.1 Å². The Bertz CT molecular complexity index is 569. The van der Waals surface area contributed by atoms with E-state index in [-0.39, 0.29) is 12.1 Å². The molecule has 150 valence electrons. The highest BCUT2D eigenvalue weighted by atomic mass is 16.5. The number of rotatable bonds is 9. The number of likely N-dealkylation sites (tertiary alicyclic amines) is 1. The molecular formula is C21H33N3O3. The first-order chi connectivity index (χ1) is 13.2. The summed E-state index contributed by atoms with van der Waals surface area (Å²) in [5, 5.41) is 3.46. The molecule has 0 bridgehead atoms. The van der Waals surface area contributed by atoms with Crippen LogP contribution in [0.25, 0.3) is 0 Å². The Morgan fingerprint density at radius 1 is 1.15 bits per heavy atom. The van der Waals surface area contributed by atoms with Gasteiger partial charge in [-0.15, -0.1) is 0 Å². The maximum Gasteiger partial charge on any atom is 0.305 e. The number of unbranched alkanes of at least 4 members (excludes halogenated alkanes) is 3. The zero-order chi connectivity index (χ0) is 19.3. The van der Waals surface area contributed by atoms with Crippen molar-refractivity contribution in [3.63, 3.8) is 0 Å². The Morgan fingerprint density at radius 2 is 1.85 bits per heavy atom. The molecule has 1 fully saturated rings. The first kappa shape index (κ1) is 21.1. The van der Waals surface area contributed by atoms with Gasteiger partial charge in [-0.2, -0.15) is 0 Å². The van der Waals surface area contributed by atoms with Crippen LogP contribution in [0.2, 0.25) is 0 Å². The SMILES string of the molecule is CN=C(NCCCCCCC(=O)OC)N1CCC(Oc2ccccc2)CC1. The van der Waals surface area contributed by atoms with Crippen molar-refractivity contribution in [1.82, 2.24) is 10.2 Å². The van der Waals surface area contributed by atoms with Gasteiger partial charge in [0.15, 0.2) is 5.96 Å². The van der Waals surface area contributed by atoms with Crippen LogP contribution in [0.5, 0.6) is 5.75 Å². The molecule has 0 saturated carbocycles. The quantitative estimate of drug-likeness (QED) is 0.311. The van der Waals surface area contributed by atoms with Crippen molar-refractivity contribution in [3.05, 3.63) is 30.3 Å². The molecule has 6 nitrogen and oxygen atoms in total. The topological polar surface area (TPSA) is 63.2 Å². The van der Waals surface area contributed by atoms with Crippen LogP contribution in [-0.2, 0) is 9.53 Å². The fraction of sp³-hybridized carbons (Fsp3) is 0.619. The van der Waals surface area contributed by atoms with E-state index in [0.717, 1.165) is 69.9 Å². The first-order valence-electron chi connectivity index (χ1n) is 9.97. The van der Waals surface area contributed by atoms with E-state index < -0.39 is 0 Å². The minimum atomic E-state index is -0.117. The fourth-order valence-electron chi connectivity index (χ4n) is 3.26. The molecule has 0 unspecified atom stereocenters. The van der Waals surface area contributed by atoms with Crippen LogP contribution in [0.15, 0.2) is 35.3 Å². The number of benzene rings is 1. The van der Waals surface area contributed by atoms with Crippen molar-refractivity contribution in [2.75, 3.05) is 33.8 Å². The summed E-state index contributed by atoms with van der Waals surface area (Å²) in [5.41, 5.74) is 0. The Hall–Kier alpha value is -2.24. The van der Waals surface area contributed by atoms with Crippen LogP contribution in [0.4, 0.5) is 0 Å². The van der Waals surface area contributed by atoms with Crippen molar-refractivity contribution in [1.29, 1.82) is 0 Å². The number of guanidine groups is 1. The number of hydrogen-bond donors (Lipinski definition) is 1. The summed E-state index contributed by atoms with van der Waals surface area (Å²) in [6.45, 7) is 2.82. The molecule has 1 aromatic rings. The Kier molecular flexibility index (Phi) is 9.52. The second kappa shape index (κ2) is 12.2. The number of carbonyl (C=O) groups excluding carboxylic acids is 1. The number of hydrogen-bond acceptors (Lipinski definition) is 4. The number of methoxy groups -OCH3 is 1. The number of nitrogens with zero attached hydrogens (tertiary/aromatic N) is 2.